The number of piperidine rings is 1. The molecule has 1 saturated heterocycles. The van der Waals surface area contributed by atoms with E-state index < -0.39 is 11.1 Å². The number of nitrogens with zero attached hydrogens (tertiary/aromatic N) is 2. The maximum Gasteiger partial charge on any atom is 0.427 e. The highest BCUT2D eigenvalue weighted by Gasteiger charge is 2.33. The highest BCUT2D eigenvalue weighted by atomic mass is 32.1. The molecule has 1 aliphatic heterocycles. The zero-order valence-corrected chi connectivity index (χ0v) is 14.2. The van der Waals surface area contributed by atoms with Gasteiger partial charge in [-0.05, 0) is 25.3 Å². The van der Waals surface area contributed by atoms with Crippen molar-refractivity contribution in [1.82, 2.24) is 9.88 Å². The molecule has 0 aliphatic carbocycles. The van der Waals surface area contributed by atoms with Crippen LogP contribution in [0.2, 0.25) is 0 Å². The number of nitrogens with one attached hydrogen (secondary N) is 1. The third-order valence-electron chi connectivity index (χ3n) is 4.47. The average Bonchev–Trinajstić information content (AvgIpc) is 3.05. The Bertz CT molecular complexity index is 649. The standard InChI is InChI=1S/C17H20F3N3S/c1-12(13-5-3-2-4-6-13)23-9-7-14(8-10-23)22-16-21-11-15(24-16)17(18,19)20/h2-6,11-12,14H,7-10H2,1H3,(H,21,22). The van der Waals surface area contributed by atoms with Crippen LogP contribution >= 0.6 is 11.3 Å². The molecule has 7 heteroatoms. The van der Waals surface area contributed by atoms with Crippen LogP contribution in [0.15, 0.2) is 36.5 Å². The number of anilines is 1. The van der Waals surface area contributed by atoms with Gasteiger partial charge in [0, 0.05) is 25.2 Å². The van der Waals surface area contributed by atoms with Crippen LogP contribution in [0.1, 0.15) is 36.2 Å². The Labute approximate surface area is 143 Å². The zero-order chi connectivity index (χ0) is 17.2. The minimum atomic E-state index is -4.31. The Kier molecular flexibility index (Phi) is 5.10. The molecule has 0 saturated carbocycles. The summed E-state index contributed by atoms with van der Waals surface area (Å²) in [5, 5.41) is 3.51. The van der Waals surface area contributed by atoms with Gasteiger partial charge in [-0.15, -0.1) is 0 Å². The molecule has 3 rings (SSSR count). The van der Waals surface area contributed by atoms with Crippen LogP contribution in [-0.2, 0) is 6.18 Å². The Morgan fingerprint density at radius 1 is 1.21 bits per heavy atom. The van der Waals surface area contributed by atoms with Gasteiger partial charge in [0.15, 0.2) is 5.13 Å². The minimum Gasteiger partial charge on any atom is -0.359 e. The number of thiazole rings is 1. The van der Waals surface area contributed by atoms with Crippen molar-refractivity contribution >= 4 is 16.5 Å². The zero-order valence-electron chi connectivity index (χ0n) is 13.4. The van der Waals surface area contributed by atoms with Crippen LogP contribution < -0.4 is 5.32 Å². The molecule has 1 fully saturated rings. The van der Waals surface area contributed by atoms with Gasteiger partial charge in [-0.1, -0.05) is 41.7 Å². The van der Waals surface area contributed by atoms with Crippen LogP contribution in [-0.4, -0.2) is 29.0 Å². The highest BCUT2D eigenvalue weighted by molar-refractivity contribution is 7.15. The van der Waals surface area contributed by atoms with E-state index in [0.29, 0.717) is 22.5 Å². The van der Waals surface area contributed by atoms with Gasteiger partial charge in [0.2, 0.25) is 0 Å². The fourth-order valence-electron chi connectivity index (χ4n) is 3.02. The molecule has 1 aliphatic rings. The van der Waals surface area contributed by atoms with Gasteiger partial charge >= 0.3 is 6.18 Å². The molecule has 24 heavy (non-hydrogen) atoms. The largest absolute Gasteiger partial charge is 0.427 e. The Hall–Kier alpha value is -1.60. The Morgan fingerprint density at radius 2 is 1.88 bits per heavy atom. The van der Waals surface area contributed by atoms with Crippen molar-refractivity contribution in [3.8, 4) is 0 Å². The van der Waals surface area contributed by atoms with E-state index in [1.54, 1.807) is 0 Å². The molecule has 3 nitrogen and oxygen atoms in total. The van der Waals surface area contributed by atoms with Crippen LogP contribution in [0, 0.1) is 0 Å². The summed E-state index contributed by atoms with van der Waals surface area (Å²) in [6, 6.07) is 10.9. The third-order valence-corrected chi connectivity index (χ3v) is 5.45. The third kappa shape index (κ3) is 4.08. The quantitative estimate of drug-likeness (QED) is 0.854. The van der Waals surface area contributed by atoms with Crippen molar-refractivity contribution in [3.05, 3.63) is 47.0 Å². The predicted molar refractivity (Wildman–Crippen MR) is 90.2 cm³/mol. The van der Waals surface area contributed by atoms with Gasteiger partial charge in [0.1, 0.15) is 4.88 Å². The summed E-state index contributed by atoms with van der Waals surface area (Å²) in [7, 11) is 0. The molecular weight excluding hydrogens is 335 g/mol. The van der Waals surface area contributed by atoms with E-state index in [1.807, 2.05) is 18.2 Å². The topological polar surface area (TPSA) is 28.2 Å². The molecule has 0 amide bonds. The molecule has 130 valence electrons. The molecule has 2 heterocycles. The number of halogens is 3. The first kappa shape index (κ1) is 17.2. The summed E-state index contributed by atoms with van der Waals surface area (Å²) in [6.07, 6.45) is -1.61. The number of alkyl halides is 3. The second-order valence-corrected chi connectivity index (χ2v) is 7.10. The second-order valence-electron chi connectivity index (χ2n) is 6.07. The maximum absolute atomic E-state index is 12.6. The van der Waals surface area contributed by atoms with Crippen molar-refractivity contribution in [2.45, 2.75) is 38.0 Å². The van der Waals surface area contributed by atoms with Crippen molar-refractivity contribution < 1.29 is 13.2 Å². The van der Waals surface area contributed by atoms with E-state index >= 15 is 0 Å². The first-order valence-corrected chi connectivity index (χ1v) is 8.83. The number of likely N-dealkylation sites (tertiary alicyclic amines) is 1. The number of hydrogen-bond acceptors (Lipinski definition) is 4. The predicted octanol–water partition coefficient (Wildman–Crippen LogP) is 4.80. The lowest BCUT2D eigenvalue weighted by Gasteiger charge is -2.36. The lowest BCUT2D eigenvalue weighted by atomic mass is 10.0. The van der Waals surface area contributed by atoms with Gasteiger partial charge in [0.25, 0.3) is 0 Å². The monoisotopic (exact) mass is 355 g/mol. The van der Waals surface area contributed by atoms with E-state index in [-0.39, 0.29) is 6.04 Å². The summed E-state index contributed by atoms with van der Waals surface area (Å²) in [4.78, 5) is 5.61. The van der Waals surface area contributed by atoms with E-state index in [2.05, 4.69) is 34.3 Å². The summed E-state index contributed by atoms with van der Waals surface area (Å²) in [6.45, 7) is 4.04. The number of rotatable bonds is 4. The van der Waals surface area contributed by atoms with Gasteiger partial charge in [-0.3, -0.25) is 4.90 Å². The molecule has 1 N–H and O–H groups in total. The summed E-state index contributed by atoms with van der Waals surface area (Å²) >= 11 is 0.677. The summed E-state index contributed by atoms with van der Waals surface area (Å²) in [5.74, 6) is 0. The Balaban J connectivity index is 1.53. The molecular formula is C17H20F3N3S. The van der Waals surface area contributed by atoms with E-state index in [9.17, 15) is 13.2 Å². The van der Waals surface area contributed by atoms with Crippen molar-refractivity contribution in [2.75, 3.05) is 18.4 Å². The van der Waals surface area contributed by atoms with E-state index in [1.165, 1.54) is 5.56 Å². The second kappa shape index (κ2) is 7.11. The molecule has 0 bridgehead atoms. The van der Waals surface area contributed by atoms with Crippen molar-refractivity contribution in [1.29, 1.82) is 0 Å². The van der Waals surface area contributed by atoms with E-state index in [4.69, 9.17) is 0 Å². The van der Waals surface area contributed by atoms with Crippen LogP contribution in [0.5, 0.6) is 0 Å². The van der Waals surface area contributed by atoms with Gasteiger partial charge < -0.3 is 5.32 Å². The number of aromatic nitrogens is 1. The van der Waals surface area contributed by atoms with E-state index in [0.717, 1.165) is 32.1 Å². The molecule has 0 radical (unpaired) electrons. The smallest absolute Gasteiger partial charge is 0.359 e. The molecule has 1 unspecified atom stereocenters. The number of benzene rings is 1. The SMILES string of the molecule is CC(c1ccccc1)N1CCC(Nc2ncc(C(F)(F)F)s2)CC1. The molecule has 2 aromatic rings. The first-order valence-electron chi connectivity index (χ1n) is 8.02. The van der Waals surface area contributed by atoms with Crippen LogP contribution in [0.25, 0.3) is 0 Å². The molecule has 0 spiro atoms. The van der Waals surface area contributed by atoms with Gasteiger partial charge in [-0.2, -0.15) is 13.2 Å². The maximum atomic E-state index is 12.6. The van der Waals surface area contributed by atoms with Crippen LogP contribution in [0.4, 0.5) is 18.3 Å². The lowest BCUT2D eigenvalue weighted by Crippen LogP contribution is -2.40. The van der Waals surface area contributed by atoms with Crippen molar-refractivity contribution in [2.24, 2.45) is 0 Å². The van der Waals surface area contributed by atoms with Crippen molar-refractivity contribution in [3.63, 3.8) is 0 Å². The normalized spacial score (nSPS) is 18.5. The first-order chi connectivity index (χ1) is 11.4. The number of hydrogen-bond donors (Lipinski definition) is 1. The summed E-state index contributed by atoms with van der Waals surface area (Å²) in [5.41, 5.74) is 1.29. The molecule has 1 aromatic heterocycles. The molecule has 1 aromatic carbocycles. The van der Waals surface area contributed by atoms with Gasteiger partial charge in [0.05, 0.1) is 6.20 Å². The summed E-state index contributed by atoms with van der Waals surface area (Å²) < 4.78 is 37.9. The lowest BCUT2D eigenvalue weighted by molar-refractivity contribution is -0.134. The average molecular weight is 355 g/mol. The van der Waals surface area contributed by atoms with Gasteiger partial charge in [-0.25, -0.2) is 4.98 Å². The minimum absolute atomic E-state index is 0.177. The highest BCUT2D eigenvalue weighted by Crippen LogP contribution is 2.35. The Morgan fingerprint density at radius 3 is 2.46 bits per heavy atom. The molecule has 1 atom stereocenters. The fourth-order valence-corrected chi connectivity index (χ4v) is 3.78. The van der Waals surface area contributed by atoms with Crippen LogP contribution in [0.3, 0.4) is 0 Å². The fraction of sp³-hybridized carbons (Fsp3) is 0.471.